The SMILES string of the molecule is Cc1cn(-c2cccc3[nH]c(-c4n[nH]c5ccc(-c6cncc(O)c6)nc45)nc23)cn1. The van der Waals surface area contributed by atoms with E-state index in [-0.39, 0.29) is 5.75 Å². The minimum atomic E-state index is 0.0892. The van der Waals surface area contributed by atoms with Crippen molar-refractivity contribution in [3.8, 4) is 34.2 Å². The van der Waals surface area contributed by atoms with Crippen LogP contribution < -0.4 is 0 Å². The molecule has 0 amide bonds. The summed E-state index contributed by atoms with van der Waals surface area (Å²) in [5.41, 5.74) is 7.07. The average Bonchev–Trinajstić information content (AvgIpc) is 3.50. The molecule has 0 aliphatic carbocycles. The summed E-state index contributed by atoms with van der Waals surface area (Å²) in [4.78, 5) is 21.3. The van der Waals surface area contributed by atoms with Crippen LogP contribution in [0.3, 0.4) is 0 Å². The smallest absolute Gasteiger partial charge is 0.161 e. The highest BCUT2D eigenvalue weighted by molar-refractivity contribution is 5.93. The number of para-hydroxylation sites is 1. The van der Waals surface area contributed by atoms with Gasteiger partial charge in [0.1, 0.15) is 16.8 Å². The number of aromatic nitrogens is 8. The zero-order chi connectivity index (χ0) is 20.9. The molecule has 0 saturated heterocycles. The van der Waals surface area contributed by atoms with Gasteiger partial charge in [0.05, 0.1) is 40.6 Å². The second-order valence-corrected chi connectivity index (χ2v) is 7.28. The number of rotatable bonds is 3. The summed E-state index contributed by atoms with van der Waals surface area (Å²) in [6.45, 7) is 1.95. The Kier molecular flexibility index (Phi) is 3.63. The number of nitrogens with one attached hydrogen (secondary N) is 2. The molecule has 150 valence electrons. The maximum Gasteiger partial charge on any atom is 0.161 e. The van der Waals surface area contributed by atoms with Gasteiger partial charge in [-0.3, -0.25) is 10.1 Å². The van der Waals surface area contributed by atoms with Crippen LogP contribution in [0.2, 0.25) is 0 Å². The van der Waals surface area contributed by atoms with Crippen molar-refractivity contribution in [1.82, 2.24) is 39.7 Å². The lowest BCUT2D eigenvalue weighted by Crippen LogP contribution is -1.91. The Bertz CT molecular complexity index is 1580. The summed E-state index contributed by atoms with van der Waals surface area (Å²) in [5.74, 6) is 0.704. The summed E-state index contributed by atoms with van der Waals surface area (Å²) in [7, 11) is 0. The molecule has 0 saturated carbocycles. The minimum absolute atomic E-state index is 0.0892. The van der Waals surface area contributed by atoms with E-state index in [2.05, 4.69) is 25.1 Å². The van der Waals surface area contributed by atoms with Crippen LogP contribution in [0.25, 0.3) is 50.5 Å². The van der Waals surface area contributed by atoms with Crippen molar-refractivity contribution < 1.29 is 5.11 Å². The highest BCUT2D eigenvalue weighted by atomic mass is 16.3. The molecule has 0 bridgehead atoms. The predicted octanol–water partition coefficient (Wildman–Crippen LogP) is 3.76. The first-order valence-electron chi connectivity index (χ1n) is 9.65. The number of fused-ring (bicyclic) bond motifs is 2. The quantitative estimate of drug-likeness (QED) is 0.410. The van der Waals surface area contributed by atoms with E-state index in [9.17, 15) is 5.11 Å². The number of H-pyrrole nitrogens is 2. The number of aryl methyl sites for hydroxylation is 1. The number of aromatic amines is 2. The van der Waals surface area contributed by atoms with Crippen molar-refractivity contribution in [3.63, 3.8) is 0 Å². The van der Waals surface area contributed by atoms with Crippen LogP contribution in [0.4, 0.5) is 0 Å². The van der Waals surface area contributed by atoms with Gasteiger partial charge < -0.3 is 14.7 Å². The second-order valence-electron chi connectivity index (χ2n) is 7.28. The van der Waals surface area contributed by atoms with E-state index in [0.717, 1.165) is 33.5 Å². The molecule has 0 atom stereocenters. The third kappa shape index (κ3) is 2.83. The highest BCUT2D eigenvalue weighted by Crippen LogP contribution is 2.29. The number of hydrogen-bond donors (Lipinski definition) is 3. The number of hydrogen-bond acceptors (Lipinski definition) is 6. The Balaban J connectivity index is 1.51. The number of nitrogens with zero attached hydrogens (tertiary/aromatic N) is 6. The van der Waals surface area contributed by atoms with Gasteiger partial charge in [-0.25, -0.2) is 15.0 Å². The van der Waals surface area contributed by atoms with Crippen molar-refractivity contribution in [2.24, 2.45) is 0 Å². The Morgan fingerprint density at radius 3 is 2.77 bits per heavy atom. The van der Waals surface area contributed by atoms with Crippen molar-refractivity contribution >= 4 is 22.1 Å². The molecule has 9 heteroatoms. The van der Waals surface area contributed by atoms with Crippen molar-refractivity contribution in [3.05, 3.63) is 67.0 Å². The topological polar surface area (TPSA) is 121 Å². The summed E-state index contributed by atoms with van der Waals surface area (Å²) in [6.07, 6.45) is 6.79. The van der Waals surface area contributed by atoms with Crippen molar-refractivity contribution in [1.29, 1.82) is 0 Å². The summed E-state index contributed by atoms with van der Waals surface area (Å²) < 4.78 is 1.95. The monoisotopic (exact) mass is 408 g/mol. The van der Waals surface area contributed by atoms with Gasteiger partial charge in [0.15, 0.2) is 11.5 Å². The Hall–Kier alpha value is -4.53. The predicted molar refractivity (Wildman–Crippen MR) is 116 cm³/mol. The molecule has 1 aromatic carbocycles. The molecule has 3 N–H and O–H groups in total. The molecular weight excluding hydrogens is 392 g/mol. The van der Waals surface area contributed by atoms with Crippen LogP contribution in [0.5, 0.6) is 5.75 Å². The fourth-order valence-electron chi connectivity index (χ4n) is 3.68. The Labute approximate surface area is 175 Å². The lowest BCUT2D eigenvalue weighted by molar-refractivity contribution is 0.473. The van der Waals surface area contributed by atoms with Gasteiger partial charge >= 0.3 is 0 Å². The molecule has 0 unspecified atom stereocenters. The van der Waals surface area contributed by atoms with Gasteiger partial charge in [0.25, 0.3) is 0 Å². The molecule has 0 spiro atoms. The standard InChI is InChI=1S/C22H16N8O/c1-12-10-30(11-24-12)18-4-2-3-16-19(18)27-22(26-16)21-20-17(28-29-21)6-5-15(25-20)13-7-14(31)9-23-8-13/h2-11,31H,1H3,(H,26,27)(H,28,29). The lowest BCUT2D eigenvalue weighted by atomic mass is 10.1. The van der Waals surface area contributed by atoms with Crippen LogP contribution in [-0.2, 0) is 0 Å². The van der Waals surface area contributed by atoms with Crippen LogP contribution in [0.1, 0.15) is 5.69 Å². The Morgan fingerprint density at radius 1 is 1.00 bits per heavy atom. The molecular formula is C22H16N8O. The number of benzene rings is 1. The fourth-order valence-corrected chi connectivity index (χ4v) is 3.68. The van der Waals surface area contributed by atoms with Crippen molar-refractivity contribution in [2.75, 3.05) is 0 Å². The van der Waals surface area contributed by atoms with Gasteiger partial charge in [0, 0.05) is 18.0 Å². The average molecular weight is 408 g/mol. The van der Waals surface area contributed by atoms with E-state index >= 15 is 0 Å². The van der Waals surface area contributed by atoms with Gasteiger partial charge in [0.2, 0.25) is 0 Å². The van der Waals surface area contributed by atoms with Crippen LogP contribution in [0.15, 0.2) is 61.3 Å². The van der Waals surface area contributed by atoms with E-state index in [1.54, 1.807) is 18.6 Å². The molecule has 6 rings (SSSR count). The van der Waals surface area contributed by atoms with Crippen LogP contribution in [0, 0.1) is 6.92 Å². The number of aromatic hydroxyl groups is 1. The zero-order valence-electron chi connectivity index (χ0n) is 16.4. The normalized spacial score (nSPS) is 11.5. The molecule has 0 aliphatic heterocycles. The van der Waals surface area contributed by atoms with Gasteiger partial charge in [-0.1, -0.05) is 6.07 Å². The second kappa shape index (κ2) is 6.49. The first kappa shape index (κ1) is 17.3. The van der Waals surface area contributed by atoms with Crippen LogP contribution in [-0.4, -0.2) is 44.8 Å². The number of pyridine rings is 2. The molecule has 5 heterocycles. The van der Waals surface area contributed by atoms with E-state index in [0.29, 0.717) is 22.7 Å². The summed E-state index contributed by atoms with van der Waals surface area (Å²) in [6, 6.07) is 11.3. The molecule has 0 radical (unpaired) electrons. The van der Waals surface area contributed by atoms with E-state index in [4.69, 9.17) is 9.97 Å². The molecule has 31 heavy (non-hydrogen) atoms. The third-order valence-electron chi connectivity index (χ3n) is 5.13. The highest BCUT2D eigenvalue weighted by Gasteiger charge is 2.17. The van der Waals surface area contributed by atoms with E-state index in [1.807, 2.05) is 48.0 Å². The first-order chi connectivity index (χ1) is 15.2. The zero-order valence-corrected chi connectivity index (χ0v) is 16.4. The maximum atomic E-state index is 9.75. The fraction of sp³-hybridized carbons (Fsp3) is 0.0455. The largest absolute Gasteiger partial charge is 0.506 e. The first-order valence-corrected chi connectivity index (χ1v) is 9.65. The van der Waals surface area contributed by atoms with E-state index in [1.165, 1.54) is 6.20 Å². The number of imidazole rings is 2. The third-order valence-corrected chi connectivity index (χ3v) is 5.13. The van der Waals surface area contributed by atoms with Gasteiger partial charge in [-0.2, -0.15) is 5.10 Å². The van der Waals surface area contributed by atoms with E-state index < -0.39 is 0 Å². The molecule has 5 aromatic heterocycles. The summed E-state index contributed by atoms with van der Waals surface area (Å²) >= 11 is 0. The molecule has 0 fully saturated rings. The molecule has 0 aliphatic rings. The van der Waals surface area contributed by atoms with Crippen LogP contribution >= 0.6 is 0 Å². The molecule has 6 aromatic rings. The Morgan fingerprint density at radius 2 is 1.94 bits per heavy atom. The minimum Gasteiger partial charge on any atom is -0.506 e. The molecule has 9 nitrogen and oxygen atoms in total. The van der Waals surface area contributed by atoms with Crippen molar-refractivity contribution in [2.45, 2.75) is 6.92 Å². The van der Waals surface area contributed by atoms with Gasteiger partial charge in [-0.05, 0) is 37.3 Å². The van der Waals surface area contributed by atoms with Gasteiger partial charge in [-0.15, -0.1) is 0 Å². The lowest BCUT2D eigenvalue weighted by Gasteiger charge is -2.02. The maximum absolute atomic E-state index is 9.75. The summed E-state index contributed by atoms with van der Waals surface area (Å²) in [5, 5.41) is 17.2.